The van der Waals surface area contributed by atoms with E-state index in [1.165, 1.54) is 11.8 Å². The maximum Gasteiger partial charge on any atom is 0.252 e. The van der Waals surface area contributed by atoms with E-state index in [0.717, 1.165) is 16.8 Å². The molecule has 2 N–H and O–H groups in total. The number of pyridine rings is 1. The maximum absolute atomic E-state index is 11.3. The van der Waals surface area contributed by atoms with Crippen molar-refractivity contribution in [2.24, 2.45) is 5.73 Å². The van der Waals surface area contributed by atoms with Crippen LogP contribution in [-0.4, -0.2) is 15.5 Å². The molecule has 0 spiro atoms. The average Bonchev–Trinajstić information content (AvgIpc) is 2.82. The number of primary amides is 1. The second-order valence-electron chi connectivity index (χ2n) is 4.50. The van der Waals surface area contributed by atoms with Gasteiger partial charge in [0.05, 0.1) is 23.0 Å². The highest BCUT2D eigenvalue weighted by molar-refractivity contribution is 5.99. The molecule has 0 aliphatic carbocycles. The van der Waals surface area contributed by atoms with Crippen LogP contribution < -0.4 is 5.73 Å². The van der Waals surface area contributed by atoms with E-state index in [1.807, 2.05) is 43.3 Å². The molecule has 0 atom stereocenters. The minimum atomic E-state index is -0.462. The van der Waals surface area contributed by atoms with Crippen molar-refractivity contribution in [1.29, 1.82) is 0 Å². The molecule has 3 aromatic rings. The second kappa shape index (κ2) is 4.24. The van der Waals surface area contributed by atoms with E-state index in [4.69, 9.17) is 5.73 Å². The van der Waals surface area contributed by atoms with Crippen LogP contribution in [0.1, 0.15) is 15.9 Å². The highest BCUT2D eigenvalue weighted by atomic mass is 16.1. The first-order valence-electron chi connectivity index (χ1n) is 6.00. The molecule has 2 heterocycles. The molecule has 2 aromatic heterocycles. The molecule has 0 aliphatic rings. The lowest BCUT2D eigenvalue weighted by molar-refractivity contribution is 0.100. The molecule has 4 nitrogen and oxygen atoms in total. The zero-order valence-corrected chi connectivity index (χ0v) is 10.5. The quantitative estimate of drug-likeness (QED) is 0.760. The summed E-state index contributed by atoms with van der Waals surface area (Å²) in [5.41, 5.74) is 9.69. The van der Waals surface area contributed by atoms with E-state index in [0.29, 0.717) is 5.56 Å². The van der Waals surface area contributed by atoms with Gasteiger partial charge in [-0.2, -0.15) is 5.10 Å². The normalized spacial score (nSPS) is 10.8. The lowest BCUT2D eigenvalue weighted by Crippen LogP contribution is -2.10. The Bertz CT molecular complexity index is 774. The van der Waals surface area contributed by atoms with E-state index in [-0.39, 0.29) is 0 Å². The number of carbonyl (C=O) groups excluding carboxylic acids is 1. The van der Waals surface area contributed by atoms with E-state index in [2.05, 4.69) is 11.2 Å². The molecule has 3 rings (SSSR count). The minimum absolute atomic E-state index is 0.439. The number of aryl methyl sites for hydroxylation is 1. The first-order chi connectivity index (χ1) is 9.16. The van der Waals surface area contributed by atoms with Gasteiger partial charge in [-0.3, -0.25) is 4.79 Å². The maximum atomic E-state index is 11.3. The third-order valence-corrected chi connectivity index (χ3v) is 3.12. The first kappa shape index (κ1) is 11.5. The Hall–Kier alpha value is -2.62. The number of nitrogens with two attached hydrogens (primary N) is 1. The predicted molar refractivity (Wildman–Crippen MR) is 73.9 cm³/mol. The summed E-state index contributed by atoms with van der Waals surface area (Å²) in [4.78, 5) is 11.3. The SMILES string of the molecule is Cc1cccc(-c2cccc3c(C(N)=O)cnn23)c1. The Morgan fingerprint density at radius 1 is 1.21 bits per heavy atom. The molecule has 19 heavy (non-hydrogen) atoms. The summed E-state index contributed by atoms with van der Waals surface area (Å²) in [6.07, 6.45) is 1.51. The largest absolute Gasteiger partial charge is 0.365 e. The van der Waals surface area contributed by atoms with Crippen LogP contribution in [-0.2, 0) is 0 Å². The Labute approximate surface area is 110 Å². The molecular weight excluding hydrogens is 238 g/mol. The molecule has 4 heteroatoms. The zero-order valence-electron chi connectivity index (χ0n) is 10.5. The molecule has 1 aromatic carbocycles. The van der Waals surface area contributed by atoms with Crippen molar-refractivity contribution in [3.05, 3.63) is 59.8 Å². The molecule has 94 valence electrons. The van der Waals surface area contributed by atoms with Gasteiger partial charge in [-0.1, -0.05) is 29.8 Å². The van der Waals surface area contributed by atoms with Crippen molar-refractivity contribution in [2.75, 3.05) is 0 Å². The molecule has 0 radical (unpaired) electrons. The van der Waals surface area contributed by atoms with Crippen LogP contribution in [0.2, 0.25) is 0 Å². The van der Waals surface area contributed by atoms with Gasteiger partial charge in [0, 0.05) is 5.56 Å². The van der Waals surface area contributed by atoms with Crippen molar-refractivity contribution in [1.82, 2.24) is 9.61 Å². The van der Waals surface area contributed by atoms with Gasteiger partial charge in [0.15, 0.2) is 0 Å². The highest BCUT2D eigenvalue weighted by Crippen LogP contribution is 2.22. The Morgan fingerprint density at radius 3 is 2.74 bits per heavy atom. The van der Waals surface area contributed by atoms with Crippen LogP contribution in [0.15, 0.2) is 48.7 Å². The van der Waals surface area contributed by atoms with Crippen molar-refractivity contribution in [3.63, 3.8) is 0 Å². The van der Waals surface area contributed by atoms with Gasteiger partial charge < -0.3 is 5.73 Å². The molecule has 0 saturated heterocycles. The van der Waals surface area contributed by atoms with E-state index in [9.17, 15) is 4.79 Å². The molecule has 0 unspecified atom stereocenters. The summed E-state index contributed by atoms with van der Waals surface area (Å²) in [6, 6.07) is 13.9. The Balaban J connectivity index is 2.28. The van der Waals surface area contributed by atoms with Gasteiger partial charge in [-0.25, -0.2) is 4.52 Å². The van der Waals surface area contributed by atoms with E-state index in [1.54, 1.807) is 4.52 Å². The molecular formula is C15H13N3O. The number of rotatable bonds is 2. The summed E-state index contributed by atoms with van der Waals surface area (Å²) < 4.78 is 1.74. The number of hydrogen-bond acceptors (Lipinski definition) is 2. The highest BCUT2D eigenvalue weighted by Gasteiger charge is 2.11. The number of aromatic nitrogens is 2. The Kier molecular flexibility index (Phi) is 2.56. The smallest absolute Gasteiger partial charge is 0.252 e. The lowest BCUT2D eigenvalue weighted by atomic mass is 10.1. The van der Waals surface area contributed by atoms with Crippen molar-refractivity contribution >= 4 is 11.4 Å². The topological polar surface area (TPSA) is 60.4 Å². The van der Waals surface area contributed by atoms with Crippen molar-refractivity contribution in [3.8, 4) is 11.3 Å². The van der Waals surface area contributed by atoms with Gasteiger partial charge in [0.2, 0.25) is 0 Å². The van der Waals surface area contributed by atoms with Crippen LogP contribution in [0.3, 0.4) is 0 Å². The standard InChI is InChI=1S/C15H13N3O/c1-10-4-2-5-11(8-10)13-6-3-7-14-12(15(16)19)9-17-18(13)14/h2-9H,1H3,(H2,16,19). The predicted octanol–water partition coefficient (Wildman–Crippen LogP) is 2.41. The lowest BCUT2D eigenvalue weighted by Gasteiger charge is -2.06. The molecule has 0 fully saturated rings. The fourth-order valence-electron chi connectivity index (χ4n) is 2.22. The van der Waals surface area contributed by atoms with Crippen LogP contribution in [0, 0.1) is 6.92 Å². The number of fused-ring (bicyclic) bond motifs is 1. The van der Waals surface area contributed by atoms with E-state index < -0.39 is 5.91 Å². The van der Waals surface area contributed by atoms with Crippen molar-refractivity contribution < 1.29 is 4.79 Å². The minimum Gasteiger partial charge on any atom is -0.365 e. The average molecular weight is 251 g/mol. The zero-order chi connectivity index (χ0) is 13.4. The number of nitrogens with zero attached hydrogens (tertiary/aromatic N) is 2. The number of benzene rings is 1. The van der Waals surface area contributed by atoms with Gasteiger partial charge in [0.1, 0.15) is 0 Å². The summed E-state index contributed by atoms with van der Waals surface area (Å²) in [5, 5.41) is 4.26. The van der Waals surface area contributed by atoms with Gasteiger partial charge in [-0.05, 0) is 25.1 Å². The third kappa shape index (κ3) is 1.87. The fourth-order valence-corrected chi connectivity index (χ4v) is 2.22. The molecule has 0 aliphatic heterocycles. The molecule has 1 amide bonds. The number of hydrogen-bond donors (Lipinski definition) is 1. The summed E-state index contributed by atoms with van der Waals surface area (Å²) in [6.45, 7) is 2.04. The first-order valence-corrected chi connectivity index (χ1v) is 6.00. The van der Waals surface area contributed by atoms with Crippen LogP contribution >= 0.6 is 0 Å². The van der Waals surface area contributed by atoms with E-state index >= 15 is 0 Å². The summed E-state index contributed by atoms with van der Waals surface area (Å²) in [5.74, 6) is -0.462. The van der Waals surface area contributed by atoms with Crippen molar-refractivity contribution in [2.45, 2.75) is 6.92 Å². The summed E-state index contributed by atoms with van der Waals surface area (Å²) in [7, 11) is 0. The second-order valence-corrected chi connectivity index (χ2v) is 4.50. The summed E-state index contributed by atoms with van der Waals surface area (Å²) >= 11 is 0. The van der Waals surface area contributed by atoms with Gasteiger partial charge in [0.25, 0.3) is 5.91 Å². The Morgan fingerprint density at radius 2 is 2.00 bits per heavy atom. The van der Waals surface area contributed by atoms with Crippen LogP contribution in [0.4, 0.5) is 0 Å². The monoisotopic (exact) mass is 251 g/mol. The van der Waals surface area contributed by atoms with Gasteiger partial charge in [-0.15, -0.1) is 0 Å². The molecule has 0 bridgehead atoms. The molecule has 0 saturated carbocycles. The van der Waals surface area contributed by atoms with Crippen LogP contribution in [0.25, 0.3) is 16.8 Å². The number of carbonyl (C=O) groups is 1. The fraction of sp³-hybridized carbons (Fsp3) is 0.0667. The van der Waals surface area contributed by atoms with Gasteiger partial charge >= 0.3 is 0 Å². The third-order valence-electron chi connectivity index (χ3n) is 3.12. The number of amides is 1. The van der Waals surface area contributed by atoms with Crippen LogP contribution in [0.5, 0.6) is 0 Å².